The third-order valence-corrected chi connectivity index (χ3v) is 4.18. The zero-order chi connectivity index (χ0) is 13.8. The van der Waals surface area contributed by atoms with Crippen molar-refractivity contribution >= 4 is 11.9 Å². The SMILES string of the molecule is NC(=O)N1CCC(NC(=O)C[C@@H]2CCCC[C@H]2O)C1. The molecule has 6 nitrogen and oxygen atoms in total. The third kappa shape index (κ3) is 3.83. The standard InChI is InChI=1S/C13H23N3O3/c14-13(19)16-6-5-10(8-16)15-12(18)7-9-3-1-2-4-11(9)17/h9-11,17H,1-8H2,(H2,14,19)(H,15,18)/t9-,10?,11+/m0/s1. The lowest BCUT2D eigenvalue weighted by atomic mass is 9.84. The molecule has 2 rings (SSSR count). The van der Waals surface area contributed by atoms with E-state index in [4.69, 9.17) is 5.73 Å². The maximum Gasteiger partial charge on any atom is 0.314 e. The van der Waals surface area contributed by atoms with Gasteiger partial charge in [0.15, 0.2) is 0 Å². The van der Waals surface area contributed by atoms with Crippen LogP contribution in [0.1, 0.15) is 38.5 Å². The smallest absolute Gasteiger partial charge is 0.314 e. The maximum atomic E-state index is 11.9. The molecule has 1 saturated carbocycles. The Hall–Kier alpha value is -1.30. The number of carbonyl (C=O) groups is 2. The Bertz CT molecular complexity index is 348. The Morgan fingerprint density at radius 2 is 2.00 bits per heavy atom. The second kappa shape index (κ2) is 6.23. The number of primary amides is 1. The van der Waals surface area contributed by atoms with Crippen LogP contribution in [0.3, 0.4) is 0 Å². The number of nitrogens with two attached hydrogens (primary N) is 1. The molecular weight excluding hydrogens is 246 g/mol. The summed E-state index contributed by atoms with van der Waals surface area (Å²) in [6, 6.07) is -0.430. The highest BCUT2D eigenvalue weighted by Crippen LogP contribution is 2.26. The minimum atomic E-state index is -0.431. The molecule has 0 radical (unpaired) electrons. The Labute approximate surface area is 113 Å². The number of hydrogen-bond acceptors (Lipinski definition) is 3. The van der Waals surface area contributed by atoms with Crippen LogP contribution < -0.4 is 11.1 Å². The van der Waals surface area contributed by atoms with Crippen molar-refractivity contribution in [3.05, 3.63) is 0 Å². The molecule has 1 saturated heterocycles. The van der Waals surface area contributed by atoms with E-state index in [9.17, 15) is 14.7 Å². The van der Waals surface area contributed by atoms with Crippen LogP contribution >= 0.6 is 0 Å². The predicted octanol–water partition coefficient (Wildman–Crippen LogP) is 0.197. The van der Waals surface area contributed by atoms with E-state index in [1.165, 1.54) is 0 Å². The van der Waals surface area contributed by atoms with Gasteiger partial charge in [-0.2, -0.15) is 0 Å². The van der Waals surface area contributed by atoms with Gasteiger partial charge in [0.1, 0.15) is 0 Å². The number of hydrogen-bond donors (Lipinski definition) is 3. The van der Waals surface area contributed by atoms with E-state index in [1.807, 2.05) is 0 Å². The van der Waals surface area contributed by atoms with Crippen molar-refractivity contribution in [1.29, 1.82) is 0 Å². The Morgan fingerprint density at radius 1 is 1.26 bits per heavy atom. The largest absolute Gasteiger partial charge is 0.393 e. The molecule has 4 N–H and O–H groups in total. The third-order valence-electron chi connectivity index (χ3n) is 4.18. The summed E-state index contributed by atoms with van der Waals surface area (Å²) in [5.74, 6) is 0.0599. The van der Waals surface area contributed by atoms with E-state index in [0.29, 0.717) is 19.5 Å². The van der Waals surface area contributed by atoms with E-state index in [-0.39, 0.29) is 24.0 Å². The van der Waals surface area contributed by atoms with E-state index < -0.39 is 6.03 Å². The highest BCUT2D eigenvalue weighted by Gasteiger charge is 2.29. The Balaban J connectivity index is 1.74. The molecule has 0 spiro atoms. The summed E-state index contributed by atoms with van der Waals surface area (Å²) in [5, 5.41) is 12.8. The number of amides is 3. The van der Waals surface area contributed by atoms with Gasteiger partial charge in [-0.05, 0) is 25.2 Å². The lowest BCUT2D eigenvalue weighted by Crippen LogP contribution is -2.41. The molecule has 1 unspecified atom stereocenters. The van der Waals surface area contributed by atoms with Crippen LogP contribution in [-0.2, 0) is 4.79 Å². The molecule has 0 aromatic rings. The zero-order valence-electron chi connectivity index (χ0n) is 11.2. The topological polar surface area (TPSA) is 95.7 Å². The van der Waals surface area contributed by atoms with Gasteiger partial charge >= 0.3 is 6.03 Å². The molecule has 3 amide bonds. The predicted molar refractivity (Wildman–Crippen MR) is 70.3 cm³/mol. The minimum Gasteiger partial charge on any atom is -0.393 e. The van der Waals surface area contributed by atoms with Gasteiger partial charge in [0.05, 0.1) is 6.10 Å². The van der Waals surface area contributed by atoms with E-state index in [1.54, 1.807) is 4.90 Å². The van der Waals surface area contributed by atoms with Gasteiger partial charge in [0.2, 0.25) is 5.91 Å². The minimum absolute atomic E-state index is 0.000679. The molecule has 1 aliphatic heterocycles. The molecule has 1 heterocycles. The molecular formula is C13H23N3O3. The normalized spacial score (nSPS) is 31.2. The van der Waals surface area contributed by atoms with Gasteiger partial charge in [0, 0.05) is 25.6 Å². The highest BCUT2D eigenvalue weighted by molar-refractivity contribution is 5.77. The summed E-state index contributed by atoms with van der Waals surface area (Å²) in [5.41, 5.74) is 5.20. The van der Waals surface area contributed by atoms with Crippen LogP contribution in [0.4, 0.5) is 4.79 Å². The van der Waals surface area contributed by atoms with Crippen LogP contribution in [0, 0.1) is 5.92 Å². The van der Waals surface area contributed by atoms with Crippen molar-refractivity contribution < 1.29 is 14.7 Å². The quantitative estimate of drug-likeness (QED) is 0.682. The van der Waals surface area contributed by atoms with Gasteiger partial charge in [-0.3, -0.25) is 4.79 Å². The van der Waals surface area contributed by atoms with Gasteiger partial charge in [-0.15, -0.1) is 0 Å². The second-order valence-corrected chi connectivity index (χ2v) is 5.65. The van der Waals surface area contributed by atoms with Crippen molar-refractivity contribution in [3.63, 3.8) is 0 Å². The molecule has 3 atom stereocenters. The number of aliphatic hydroxyl groups excluding tert-OH is 1. The monoisotopic (exact) mass is 269 g/mol. The number of aliphatic hydroxyl groups is 1. The Kier molecular flexibility index (Phi) is 4.63. The summed E-state index contributed by atoms with van der Waals surface area (Å²) in [4.78, 5) is 24.5. The first-order valence-electron chi connectivity index (χ1n) is 7.08. The zero-order valence-corrected chi connectivity index (χ0v) is 11.2. The summed E-state index contributed by atoms with van der Waals surface area (Å²) in [6.07, 6.45) is 4.66. The number of rotatable bonds is 3. The van der Waals surface area contributed by atoms with Crippen molar-refractivity contribution in [2.75, 3.05) is 13.1 Å². The first-order chi connectivity index (χ1) is 9.06. The number of nitrogens with zero attached hydrogens (tertiary/aromatic N) is 1. The molecule has 2 fully saturated rings. The second-order valence-electron chi connectivity index (χ2n) is 5.65. The van der Waals surface area contributed by atoms with Gasteiger partial charge in [-0.25, -0.2) is 4.79 Å². The number of carbonyl (C=O) groups excluding carboxylic acids is 2. The van der Waals surface area contributed by atoms with Crippen molar-refractivity contribution in [2.45, 2.75) is 50.7 Å². The van der Waals surface area contributed by atoms with E-state index in [2.05, 4.69) is 5.32 Å². The fourth-order valence-electron chi connectivity index (χ4n) is 3.03. The van der Waals surface area contributed by atoms with Crippen molar-refractivity contribution in [3.8, 4) is 0 Å². The van der Waals surface area contributed by atoms with Crippen LogP contribution in [0.15, 0.2) is 0 Å². The molecule has 1 aliphatic carbocycles. The van der Waals surface area contributed by atoms with Crippen molar-refractivity contribution in [1.82, 2.24) is 10.2 Å². The van der Waals surface area contributed by atoms with E-state index in [0.717, 1.165) is 32.1 Å². The number of likely N-dealkylation sites (tertiary alicyclic amines) is 1. The van der Waals surface area contributed by atoms with Crippen LogP contribution in [0.2, 0.25) is 0 Å². The summed E-state index contributed by atoms with van der Waals surface area (Å²) in [6.45, 7) is 1.10. The van der Waals surface area contributed by atoms with Crippen molar-refractivity contribution in [2.24, 2.45) is 11.7 Å². The number of urea groups is 1. The first kappa shape index (κ1) is 14.1. The summed E-state index contributed by atoms with van der Waals surface area (Å²) in [7, 11) is 0. The summed E-state index contributed by atoms with van der Waals surface area (Å²) >= 11 is 0. The van der Waals surface area contributed by atoms with Gasteiger partial charge < -0.3 is 21.1 Å². The van der Waals surface area contributed by atoms with E-state index >= 15 is 0 Å². The van der Waals surface area contributed by atoms with Crippen LogP contribution in [0.25, 0.3) is 0 Å². The fourth-order valence-corrected chi connectivity index (χ4v) is 3.03. The summed E-state index contributed by atoms with van der Waals surface area (Å²) < 4.78 is 0. The Morgan fingerprint density at radius 3 is 2.63 bits per heavy atom. The number of nitrogens with one attached hydrogen (secondary N) is 1. The molecule has 19 heavy (non-hydrogen) atoms. The molecule has 0 aromatic carbocycles. The van der Waals surface area contributed by atoms with Crippen LogP contribution in [0.5, 0.6) is 0 Å². The fraction of sp³-hybridized carbons (Fsp3) is 0.846. The molecule has 2 aliphatic rings. The van der Waals surface area contributed by atoms with Gasteiger partial charge in [-0.1, -0.05) is 12.8 Å². The first-order valence-corrected chi connectivity index (χ1v) is 7.08. The average molecular weight is 269 g/mol. The lowest BCUT2D eigenvalue weighted by molar-refractivity contribution is -0.124. The molecule has 108 valence electrons. The average Bonchev–Trinajstić information content (AvgIpc) is 2.80. The molecule has 0 aromatic heterocycles. The van der Waals surface area contributed by atoms with Gasteiger partial charge in [0.25, 0.3) is 0 Å². The molecule has 0 bridgehead atoms. The molecule has 6 heteroatoms. The maximum absolute atomic E-state index is 11.9. The highest BCUT2D eigenvalue weighted by atomic mass is 16.3. The lowest BCUT2D eigenvalue weighted by Gasteiger charge is -2.27. The van der Waals surface area contributed by atoms with Crippen LogP contribution in [-0.4, -0.2) is 47.2 Å².